The molecule has 5 nitrogen and oxygen atoms in total. The van der Waals surface area contributed by atoms with Gasteiger partial charge in [0.05, 0.1) is 9.40 Å². The number of nitro groups is 1. The summed E-state index contributed by atoms with van der Waals surface area (Å²) in [6, 6.07) is 5.27. The number of aliphatic hydroxyl groups excluding tert-OH is 1. The molecule has 1 unspecified atom stereocenters. The lowest BCUT2D eigenvalue weighted by Gasteiger charge is -2.15. The van der Waals surface area contributed by atoms with E-state index in [0.29, 0.717) is 10.4 Å². The van der Waals surface area contributed by atoms with Gasteiger partial charge in [0.15, 0.2) is 0 Å². The van der Waals surface area contributed by atoms with Crippen LogP contribution in [-0.2, 0) is 6.54 Å². The first-order valence-corrected chi connectivity index (χ1v) is 7.15. The molecular formula is C13H17BrN2O3. The van der Waals surface area contributed by atoms with Crippen molar-refractivity contribution < 1.29 is 10.0 Å². The topological polar surface area (TPSA) is 66.6 Å². The Balaban J connectivity index is 2.00. The van der Waals surface area contributed by atoms with Gasteiger partial charge in [0, 0.05) is 25.8 Å². The molecule has 1 atom stereocenters. The molecule has 1 aromatic carbocycles. The zero-order valence-electron chi connectivity index (χ0n) is 10.6. The molecular weight excluding hydrogens is 312 g/mol. The summed E-state index contributed by atoms with van der Waals surface area (Å²) in [5, 5.41) is 19.8. The van der Waals surface area contributed by atoms with Crippen molar-refractivity contribution in [2.24, 2.45) is 5.92 Å². The van der Waals surface area contributed by atoms with Crippen LogP contribution in [-0.4, -0.2) is 34.6 Å². The third kappa shape index (κ3) is 3.75. The zero-order valence-corrected chi connectivity index (χ0v) is 12.2. The first-order valence-electron chi connectivity index (χ1n) is 6.36. The number of nitro benzene ring substituents is 1. The third-order valence-electron chi connectivity index (χ3n) is 3.52. The Morgan fingerprint density at radius 2 is 2.32 bits per heavy atom. The maximum Gasteiger partial charge on any atom is 0.283 e. The van der Waals surface area contributed by atoms with E-state index < -0.39 is 0 Å². The molecule has 2 rings (SSSR count). The smallest absolute Gasteiger partial charge is 0.283 e. The largest absolute Gasteiger partial charge is 0.396 e. The molecule has 104 valence electrons. The van der Waals surface area contributed by atoms with Crippen LogP contribution in [0.15, 0.2) is 22.7 Å². The van der Waals surface area contributed by atoms with Crippen molar-refractivity contribution in [2.75, 3.05) is 19.7 Å². The Bertz CT molecular complexity index is 467. The van der Waals surface area contributed by atoms with E-state index in [1.165, 1.54) is 0 Å². The van der Waals surface area contributed by atoms with Crippen LogP contribution in [0.25, 0.3) is 0 Å². The quantitative estimate of drug-likeness (QED) is 0.666. The van der Waals surface area contributed by atoms with Crippen LogP contribution < -0.4 is 0 Å². The van der Waals surface area contributed by atoms with E-state index in [9.17, 15) is 10.1 Å². The van der Waals surface area contributed by atoms with Gasteiger partial charge in [0.2, 0.25) is 0 Å². The maximum absolute atomic E-state index is 10.9. The van der Waals surface area contributed by atoms with Crippen molar-refractivity contribution in [1.29, 1.82) is 0 Å². The second-order valence-electron chi connectivity index (χ2n) is 4.94. The third-order valence-corrected chi connectivity index (χ3v) is 4.19. The molecule has 1 heterocycles. The number of rotatable bonds is 5. The number of hydrogen-bond acceptors (Lipinski definition) is 4. The van der Waals surface area contributed by atoms with Crippen molar-refractivity contribution in [3.05, 3.63) is 38.3 Å². The van der Waals surface area contributed by atoms with Gasteiger partial charge in [0.25, 0.3) is 5.69 Å². The zero-order chi connectivity index (χ0) is 13.8. The summed E-state index contributed by atoms with van der Waals surface area (Å²) in [7, 11) is 0. The molecule has 1 saturated heterocycles. The van der Waals surface area contributed by atoms with Crippen LogP contribution in [0.3, 0.4) is 0 Å². The van der Waals surface area contributed by atoms with Gasteiger partial charge < -0.3 is 5.11 Å². The minimum absolute atomic E-state index is 0.114. The van der Waals surface area contributed by atoms with E-state index in [1.54, 1.807) is 12.1 Å². The molecule has 0 spiro atoms. The predicted molar refractivity (Wildman–Crippen MR) is 75.9 cm³/mol. The fourth-order valence-electron chi connectivity index (χ4n) is 2.53. The normalized spacial score (nSPS) is 19.8. The Morgan fingerprint density at radius 3 is 3.00 bits per heavy atom. The highest BCUT2D eigenvalue weighted by molar-refractivity contribution is 9.10. The summed E-state index contributed by atoms with van der Waals surface area (Å²) in [6.07, 6.45) is 1.94. The van der Waals surface area contributed by atoms with Crippen molar-refractivity contribution >= 4 is 21.6 Å². The van der Waals surface area contributed by atoms with E-state index >= 15 is 0 Å². The van der Waals surface area contributed by atoms with Gasteiger partial charge in [-0.2, -0.15) is 0 Å². The monoisotopic (exact) mass is 328 g/mol. The summed E-state index contributed by atoms with van der Waals surface area (Å²) in [5.41, 5.74) is 1.07. The lowest BCUT2D eigenvalue weighted by molar-refractivity contribution is -0.385. The SMILES string of the molecule is O=[N+]([O-])c1cc(CN2CCC(CCO)C2)ccc1Br. The first-order chi connectivity index (χ1) is 9.10. The van der Waals surface area contributed by atoms with Crippen LogP contribution in [0.5, 0.6) is 0 Å². The van der Waals surface area contributed by atoms with Crippen LogP contribution in [0.2, 0.25) is 0 Å². The molecule has 1 aliphatic heterocycles. The highest BCUT2D eigenvalue weighted by Gasteiger charge is 2.22. The van der Waals surface area contributed by atoms with Crippen molar-refractivity contribution in [3.63, 3.8) is 0 Å². The van der Waals surface area contributed by atoms with E-state index in [-0.39, 0.29) is 17.2 Å². The molecule has 1 fully saturated rings. The molecule has 0 amide bonds. The first kappa shape index (κ1) is 14.4. The molecule has 0 aliphatic carbocycles. The van der Waals surface area contributed by atoms with E-state index in [1.807, 2.05) is 6.07 Å². The predicted octanol–water partition coefficient (Wildman–Crippen LogP) is 2.56. The average molecular weight is 329 g/mol. The van der Waals surface area contributed by atoms with Crippen LogP contribution in [0, 0.1) is 16.0 Å². The molecule has 0 aromatic heterocycles. The summed E-state index contributed by atoms with van der Waals surface area (Å²) in [6.45, 7) is 2.93. The van der Waals surface area contributed by atoms with Gasteiger partial charge in [-0.1, -0.05) is 6.07 Å². The van der Waals surface area contributed by atoms with E-state index in [0.717, 1.165) is 38.0 Å². The van der Waals surface area contributed by atoms with Crippen molar-refractivity contribution in [3.8, 4) is 0 Å². The number of benzene rings is 1. The molecule has 0 bridgehead atoms. The highest BCUT2D eigenvalue weighted by Crippen LogP contribution is 2.27. The summed E-state index contributed by atoms with van der Waals surface area (Å²) >= 11 is 3.19. The summed E-state index contributed by atoms with van der Waals surface area (Å²) in [4.78, 5) is 12.8. The van der Waals surface area contributed by atoms with Gasteiger partial charge in [-0.3, -0.25) is 15.0 Å². The fourth-order valence-corrected chi connectivity index (χ4v) is 2.92. The van der Waals surface area contributed by atoms with Gasteiger partial charge in [-0.15, -0.1) is 0 Å². The maximum atomic E-state index is 10.9. The Kier molecular flexibility index (Phi) is 4.90. The van der Waals surface area contributed by atoms with Crippen molar-refractivity contribution in [2.45, 2.75) is 19.4 Å². The number of hydrogen-bond donors (Lipinski definition) is 1. The second kappa shape index (κ2) is 6.45. The lowest BCUT2D eigenvalue weighted by atomic mass is 10.1. The number of halogens is 1. The van der Waals surface area contributed by atoms with Gasteiger partial charge in [0.1, 0.15) is 0 Å². The van der Waals surface area contributed by atoms with Crippen molar-refractivity contribution in [1.82, 2.24) is 4.90 Å². The Hall–Kier alpha value is -0.980. The highest BCUT2D eigenvalue weighted by atomic mass is 79.9. The minimum Gasteiger partial charge on any atom is -0.396 e. The molecule has 0 saturated carbocycles. The lowest BCUT2D eigenvalue weighted by Crippen LogP contribution is -2.20. The fraction of sp³-hybridized carbons (Fsp3) is 0.538. The number of nitrogens with zero attached hydrogens (tertiary/aromatic N) is 2. The number of aliphatic hydroxyl groups is 1. The van der Waals surface area contributed by atoms with Crippen LogP contribution in [0.1, 0.15) is 18.4 Å². The number of likely N-dealkylation sites (tertiary alicyclic amines) is 1. The molecule has 1 aliphatic rings. The molecule has 1 aromatic rings. The van der Waals surface area contributed by atoms with E-state index in [2.05, 4.69) is 20.8 Å². The molecule has 0 radical (unpaired) electrons. The van der Waals surface area contributed by atoms with E-state index in [4.69, 9.17) is 5.11 Å². The minimum atomic E-state index is -0.369. The Labute approximate surface area is 120 Å². The summed E-state index contributed by atoms with van der Waals surface area (Å²) in [5.74, 6) is 0.551. The summed E-state index contributed by atoms with van der Waals surface area (Å²) < 4.78 is 0.515. The van der Waals surface area contributed by atoms with Gasteiger partial charge in [-0.25, -0.2) is 0 Å². The van der Waals surface area contributed by atoms with Gasteiger partial charge in [-0.05, 0) is 52.9 Å². The molecule has 1 N–H and O–H groups in total. The molecule has 19 heavy (non-hydrogen) atoms. The second-order valence-corrected chi connectivity index (χ2v) is 5.80. The van der Waals surface area contributed by atoms with Crippen LogP contribution >= 0.6 is 15.9 Å². The Morgan fingerprint density at radius 1 is 1.53 bits per heavy atom. The van der Waals surface area contributed by atoms with Crippen LogP contribution in [0.4, 0.5) is 5.69 Å². The average Bonchev–Trinajstić information content (AvgIpc) is 2.79. The molecule has 6 heteroatoms. The standard InChI is InChI=1S/C13H17BrN2O3/c14-12-2-1-11(7-13(12)16(18)19)9-15-5-3-10(8-15)4-6-17/h1-2,7,10,17H,3-6,8-9H2. The van der Waals surface area contributed by atoms with Gasteiger partial charge >= 0.3 is 0 Å².